The number of nitrogens with zero attached hydrogens (tertiary/aromatic N) is 3. The summed E-state index contributed by atoms with van der Waals surface area (Å²) in [5.74, 6) is 1.99. The monoisotopic (exact) mass is 381 g/mol. The van der Waals surface area contributed by atoms with Crippen LogP contribution < -0.4 is 9.47 Å². The Labute approximate surface area is 158 Å². The van der Waals surface area contributed by atoms with Crippen LogP contribution in [0.1, 0.15) is 52.9 Å². The second kappa shape index (κ2) is 6.87. The van der Waals surface area contributed by atoms with Gasteiger partial charge in [0.05, 0.1) is 18.3 Å². The Morgan fingerprint density at radius 2 is 2.00 bits per heavy atom. The molecule has 7 nitrogen and oxygen atoms in total. The fourth-order valence-electron chi connectivity index (χ4n) is 3.93. The number of piperidine rings is 1. The van der Waals surface area contributed by atoms with Crippen molar-refractivity contribution in [3.8, 4) is 11.8 Å². The van der Waals surface area contributed by atoms with Crippen molar-refractivity contribution in [1.29, 1.82) is 0 Å². The van der Waals surface area contributed by atoms with E-state index in [1.807, 2.05) is 25.7 Å². The van der Waals surface area contributed by atoms with Gasteiger partial charge >= 0.3 is 6.09 Å². The summed E-state index contributed by atoms with van der Waals surface area (Å²) in [5, 5.41) is 0. The van der Waals surface area contributed by atoms with Gasteiger partial charge in [0.15, 0.2) is 0 Å². The van der Waals surface area contributed by atoms with Gasteiger partial charge in [-0.25, -0.2) is 4.79 Å². The molecule has 1 aromatic heterocycles. The van der Waals surface area contributed by atoms with Crippen LogP contribution in [0.15, 0.2) is 0 Å². The Bertz CT molecular complexity index is 655. The highest BCUT2D eigenvalue weighted by molar-refractivity contribution is 6.99. The zero-order chi connectivity index (χ0) is 18.3. The Balaban J connectivity index is 1.31. The minimum atomic E-state index is -0.465. The van der Waals surface area contributed by atoms with E-state index in [-0.39, 0.29) is 18.2 Å². The molecule has 26 heavy (non-hydrogen) atoms. The van der Waals surface area contributed by atoms with E-state index in [0.29, 0.717) is 36.7 Å². The molecule has 8 heteroatoms. The standard InChI is InChI=1S/C18H27N3O4S/c1-18(2,3)25-17(22)21-9-12-7-13(21)8-14(12)24-16-15(19-26-20-16)23-10-11-5-4-6-11/h11-14H,4-10H2,1-3H3/t12-,13-,14+/m1/s1. The molecular formula is C18H27N3O4S. The lowest BCUT2D eigenvalue weighted by Crippen LogP contribution is -2.45. The minimum Gasteiger partial charge on any atom is -0.473 e. The summed E-state index contributed by atoms with van der Waals surface area (Å²) >= 11 is 1.12. The molecule has 0 unspecified atom stereocenters. The number of carbonyl (C=O) groups is 1. The molecule has 0 N–H and O–H groups in total. The number of hydrogen-bond acceptors (Lipinski definition) is 7. The summed E-state index contributed by atoms with van der Waals surface area (Å²) < 4.78 is 25.9. The third kappa shape index (κ3) is 3.75. The largest absolute Gasteiger partial charge is 0.473 e. The summed E-state index contributed by atoms with van der Waals surface area (Å²) in [7, 11) is 0. The fourth-order valence-corrected chi connectivity index (χ4v) is 4.37. The lowest BCUT2D eigenvalue weighted by molar-refractivity contribution is 0.00984. The number of amides is 1. The molecule has 3 aliphatic rings. The van der Waals surface area contributed by atoms with Crippen molar-refractivity contribution in [2.24, 2.45) is 11.8 Å². The van der Waals surface area contributed by atoms with Crippen LogP contribution in [-0.2, 0) is 4.74 Å². The Morgan fingerprint density at radius 1 is 1.23 bits per heavy atom. The molecule has 3 atom stereocenters. The molecule has 1 saturated heterocycles. The van der Waals surface area contributed by atoms with E-state index < -0.39 is 5.60 Å². The highest BCUT2D eigenvalue weighted by Crippen LogP contribution is 2.41. The fraction of sp³-hybridized carbons (Fsp3) is 0.833. The molecule has 1 amide bonds. The topological polar surface area (TPSA) is 73.8 Å². The number of fused-ring (bicyclic) bond motifs is 2. The number of aromatic nitrogens is 2. The van der Waals surface area contributed by atoms with Gasteiger partial charge in [-0.15, -0.1) is 8.75 Å². The van der Waals surface area contributed by atoms with E-state index in [2.05, 4.69) is 8.75 Å². The quantitative estimate of drug-likeness (QED) is 0.777. The summed E-state index contributed by atoms with van der Waals surface area (Å²) in [4.78, 5) is 14.2. The van der Waals surface area contributed by atoms with Crippen LogP contribution >= 0.6 is 11.7 Å². The van der Waals surface area contributed by atoms with Crippen LogP contribution in [0.2, 0.25) is 0 Å². The van der Waals surface area contributed by atoms with Crippen LogP contribution in [-0.4, -0.2) is 50.6 Å². The second-order valence-electron chi connectivity index (χ2n) is 8.66. The lowest BCUT2D eigenvalue weighted by atomic mass is 9.86. The third-order valence-electron chi connectivity index (χ3n) is 5.48. The van der Waals surface area contributed by atoms with Crippen molar-refractivity contribution in [1.82, 2.24) is 13.6 Å². The van der Waals surface area contributed by atoms with Crippen LogP contribution in [0.5, 0.6) is 11.8 Å². The normalized spacial score (nSPS) is 28.1. The molecular weight excluding hydrogens is 354 g/mol. The van der Waals surface area contributed by atoms with Crippen molar-refractivity contribution in [2.45, 2.75) is 70.6 Å². The van der Waals surface area contributed by atoms with E-state index in [9.17, 15) is 4.79 Å². The molecule has 0 radical (unpaired) electrons. The molecule has 144 valence electrons. The highest BCUT2D eigenvalue weighted by Gasteiger charge is 2.49. The summed E-state index contributed by atoms with van der Waals surface area (Å²) in [6, 6.07) is 0.186. The zero-order valence-electron chi connectivity index (χ0n) is 15.6. The number of ether oxygens (including phenoxy) is 3. The van der Waals surface area contributed by atoms with Gasteiger partial charge in [0.2, 0.25) is 0 Å². The maximum atomic E-state index is 12.3. The maximum Gasteiger partial charge on any atom is 0.410 e. The average Bonchev–Trinajstić information content (AvgIpc) is 3.20. The zero-order valence-corrected chi connectivity index (χ0v) is 16.5. The van der Waals surface area contributed by atoms with Crippen LogP contribution in [0.4, 0.5) is 4.79 Å². The molecule has 3 fully saturated rings. The SMILES string of the molecule is CC(C)(C)OC(=O)N1C[C@H]2C[C@@H]1C[C@@H]2Oc1nsnc1OCC1CCC1. The Kier molecular flexibility index (Phi) is 4.71. The number of rotatable bonds is 5. The molecule has 1 aromatic rings. The lowest BCUT2D eigenvalue weighted by Gasteiger charge is -2.33. The second-order valence-corrected chi connectivity index (χ2v) is 9.19. The first-order valence-electron chi connectivity index (χ1n) is 9.50. The molecule has 4 rings (SSSR count). The van der Waals surface area contributed by atoms with Crippen LogP contribution in [0.3, 0.4) is 0 Å². The first kappa shape index (κ1) is 17.8. The van der Waals surface area contributed by atoms with E-state index in [1.165, 1.54) is 19.3 Å². The predicted molar refractivity (Wildman–Crippen MR) is 96.6 cm³/mol. The van der Waals surface area contributed by atoms with E-state index in [1.54, 1.807) is 0 Å². The molecule has 0 aromatic carbocycles. The molecule has 2 heterocycles. The van der Waals surface area contributed by atoms with Gasteiger partial charge < -0.3 is 19.1 Å². The van der Waals surface area contributed by atoms with E-state index in [0.717, 1.165) is 24.6 Å². The first-order valence-corrected chi connectivity index (χ1v) is 10.2. The van der Waals surface area contributed by atoms with Crippen molar-refractivity contribution in [3.63, 3.8) is 0 Å². The Morgan fingerprint density at radius 3 is 2.62 bits per heavy atom. The van der Waals surface area contributed by atoms with Gasteiger partial charge in [-0.3, -0.25) is 0 Å². The third-order valence-corrected chi connectivity index (χ3v) is 5.97. The molecule has 0 spiro atoms. The summed E-state index contributed by atoms with van der Waals surface area (Å²) in [6.45, 7) is 7.06. The summed E-state index contributed by atoms with van der Waals surface area (Å²) in [5.41, 5.74) is -0.465. The molecule has 2 bridgehead atoms. The molecule has 2 aliphatic carbocycles. The van der Waals surface area contributed by atoms with Crippen LogP contribution in [0.25, 0.3) is 0 Å². The minimum absolute atomic E-state index is 0.0636. The van der Waals surface area contributed by atoms with Gasteiger partial charge in [-0.1, -0.05) is 6.42 Å². The molecule has 1 aliphatic heterocycles. The van der Waals surface area contributed by atoms with E-state index >= 15 is 0 Å². The maximum absolute atomic E-state index is 12.3. The van der Waals surface area contributed by atoms with Gasteiger partial charge in [0.1, 0.15) is 11.7 Å². The van der Waals surface area contributed by atoms with Crippen molar-refractivity contribution < 1.29 is 19.0 Å². The number of likely N-dealkylation sites (tertiary alicyclic amines) is 1. The van der Waals surface area contributed by atoms with Crippen molar-refractivity contribution in [3.05, 3.63) is 0 Å². The first-order chi connectivity index (χ1) is 12.4. The Hall–Kier alpha value is -1.57. The summed E-state index contributed by atoms with van der Waals surface area (Å²) in [6.07, 6.45) is 5.38. The van der Waals surface area contributed by atoms with Crippen molar-refractivity contribution in [2.75, 3.05) is 13.2 Å². The van der Waals surface area contributed by atoms with Gasteiger partial charge in [-0.05, 0) is 46.0 Å². The number of carbonyl (C=O) groups excluding carboxylic acids is 1. The van der Waals surface area contributed by atoms with Gasteiger partial charge in [-0.2, -0.15) is 0 Å². The van der Waals surface area contributed by atoms with E-state index in [4.69, 9.17) is 14.2 Å². The number of hydrogen-bond donors (Lipinski definition) is 0. The van der Waals surface area contributed by atoms with Crippen LogP contribution in [0, 0.1) is 11.8 Å². The van der Waals surface area contributed by atoms with Crippen molar-refractivity contribution >= 4 is 17.8 Å². The molecule has 2 saturated carbocycles. The highest BCUT2D eigenvalue weighted by atomic mass is 32.1. The van der Waals surface area contributed by atoms with Gasteiger partial charge in [0, 0.05) is 24.9 Å². The van der Waals surface area contributed by atoms with Gasteiger partial charge in [0.25, 0.3) is 11.8 Å². The smallest absolute Gasteiger partial charge is 0.410 e. The predicted octanol–water partition coefficient (Wildman–Crippen LogP) is 3.49. The average molecular weight is 381 g/mol.